The maximum Gasteiger partial charge on any atom is 0.254 e. The van der Waals surface area contributed by atoms with Crippen molar-refractivity contribution in [3.8, 4) is 0 Å². The predicted molar refractivity (Wildman–Crippen MR) is 68.8 cm³/mol. The third kappa shape index (κ3) is 2.55. The summed E-state index contributed by atoms with van der Waals surface area (Å²) in [4.78, 5) is 12.0. The molecular formula is C13H14BrF2NO. The van der Waals surface area contributed by atoms with E-state index in [2.05, 4.69) is 21.2 Å². The van der Waals surface area contributed by atoms with Crippen molar-refractivity contribution in [2.45, 2.75) is 31.2 Å². The Balaban J connectivity index is 2.19. The van der Waals surface area contributed by atoms with Gasteiger partial charge in [-0.15, -0.1) is 0 Å². The van der Waals surface area contributed by atoms with E-state index in [0.29, 0.717) is 5.33 Å². The lowest BCUT2D eigenvalue weighted by molar-refractivity contribution is 0.0905. The topological polar surface area (TPSA) is 29.1 Å². The molecule has 1 aliphatic rings. The van der Waals surface area contributed by atoms with Crippen LogP contribution in [0.2, 0.25) is 0 Å². The molecule has 1 aliphatic carbocycles. The van der Waals surface area contributed by atoms with Gasteiger partial charge >= 0.3 is 0 Å². The highest BCUT2D eigenvalue weighted by Crippen LogP contribution is 2.31. The Morgan fingerprint density at radius 3 is 2.61 bits per heavy atom. The van der Waals surface area contributed by atoms with Crippen LogP contribution in [0.4, 0.5) is 8.78 Å². The first-order valence-electron chi connectivity index (χ1n) is 5.90. The zero-order chi connectivity index (χ0) is 13.2. The molecule has 0 bridgehead atoms. The summed E-state index contributed by atoms with van der Waals surface area (Å²) >= 11 is 3.38. The SMILES string of the molecule is O=C(NC1(CBr)CCCC1)c1cccc(F)c1F. The zero-order valence-corrected chi connectivity index (χ0v) is 11.4. The van der Waals surface area contributed by atoms with Crippen LogP contribution in [-0.2, 0) is 0 Å². The Labute approximate surface area is 113 Å². The van der Waals surface area contributed by atoms with Crippen molar-refractivity contribution in [1.82, 2.24) is 5.32 Å². The summed E-state index contributed by atoms with van der Waals surface area (Å²) in [5, 5.41) is 3.46. The zero-order valence-electron chi connectivity index (χ0n) is 9.81. The maximum atomic E-state index is 13.5. The first-order chi connectivity index (χ1) is 8.58. The molecule has 0 atom stereocenters. The Morgan fingerprint density at radius 2 is 2.00 bits per heavy atom. The number of hydrogen-bond donors (Lipinski definition) is 1. The molecule has 0 spiro atoms. The minimum absolute atomic E-state index is 0.234. The number of rotatable bonds is 3. The van der Waals surface area contributed by atoms with Gasteiger partial charge in [0.2, 0.25) is 0 Å². The van der Waals surface area contributed by atoms with E-state index in [-0.39, 0.29) is 11.1 Å². The minimum Gasteiger partial charge on any atom is -0.346 e. The summed E-state index contributed by atoms with van der Waals surface area (Å²) in [5.74, 6) is -2.63. The highest BCUT2D eigenvalue weighted by Gasteiger charge is 2.35. The maximum absolute atomic E-state index is 13.5. The molecule has 1 saturated carbocycles. The second-order valence-corrected chi connectivity index (χ2v) is 5.24. The Hall–Kier alpha value is -0.970. The second-order valence-electron chi connectivity index (χ2n) is 4.68. The second kappa shape index (κ2) is 5.34. The van der Waals surface area contributed by atoms with Crippen LogP contribution >= 0.6 is 15.9 Å². The van der Waals surface area contributed by atoms with Crippen LogP contribution < -0.4 is 5.32 Å². The quantitative estimate of drug-likeness (QED) is 0.850. The standard InChI is InChI=1S/C13H14BrF2NO/c14-8-13(6-1-2-7-13)17-12(18)9-4-3-5-10(15)11(9)16/h3-5H,1-2,6-8H2,(H,17,18). The van der Waals surface area contributed by atoms with Crippen molar-refractivity contribution in [2.75, 3.05) is 5.33 Å². The van der Waals surface area contributed by atoms with Crippen molar-refractivity contribution >= 4 is 21.8 Å². The predicted octanol–water partition coefficient (Wildman–Crippen LogP) is 3.40. The Kier molecular flexibility index (Phi) is 4.00. The lowest BCUT2D eigenvalue weighted by atomic mass is 10.00. The average molecular weight is 318 g/mol. The van der Waals surface area contributed by atoms with E-state index in [1.165, 1.54) is 12.1 Å². The molecule has 0 unspecified atom stereocenters. The van der Waals surface area contributed by atoms with Gasteiger partial charge in [0.15, 0.2) is 11.6 Å². The van der Waals surface area contributed by atoms with Crippen LogP contribution in [0.15, 0.2) is 18.2 Å². The van der Waals surface area contributed by atoms with Gasteiger partial charge in [0.25, 0.3) is 5.91 Å². The fourth-order valence-corrected chi connectivity index (χ4v) is 3.03. The summed E-state index contributed by atoms with van der Waals surface area (Å²) in [6.07, 6.45) is 3.80. The van der Waals surface area contributed by atoms with Gasteiger partial charge < -0.3 is 5.32 Å². The largest absolute Gasteiger partial charge is 0.346 e. The molecule has 5 heteroatoms. The number of alkyl halides is 1. The van der Waals surface area contributed by atoms with Crippen LogP contribution in [0.3, 0.4) is 0 Å². The number of benzene rings is 1. The van der Waals surface area contributed by atoms with Crippen LogP contribution in [-0.4, -0.2) is 16.8 Å². The van der Waals surface area contributed by atoms with Crippen LogP contribution in [0.5, 0.6) is 0 Å². The van der Waals surface area contributed by atoms with Crippen molar-refractivity contribution < 1.29 is 13.6 Å². The van der Waals surface area contributed by atoms with Crippen molar-refractivity contribution in [3.05, 3.63) is 35.4 Å². The first-order valence-corrected chi connectivity index (χ1v) is 7.03. The van der Waals surface area contributed by atoms with Gasteiger partial charge in [0.05, 0.1) is 11.1 Å². The Morgan fingerprint density at radius 1 is 1.33 bits per heavy atom. The van der Waals surface area contributed by atoms with E-state index in [1.54, 1.807) is 0 Å². The number of carbonyl (C=O) groups excluding carboxylic acids is 1. The number of halogens is 3. The minimum atomic E-state index is -1.09. The van der Waals surface area contributed by atoms with Gasteiger partial charge in [-0.1, -0.05) is 34.8 Å². The van der Waals surface area contributed by atoms with E-state index in [0.717, 1.165) is 31.7 Å². The van der Waals surface area contributed by atoms with Crippen molar-refractivity contribution in [3.63, 3.8) is 0 Å². The van der Waals surface area contributed by atoms with Crippen LogP contribution in [0.1, 0.15) is 36.0 Å². The van der Waals surface area contributed by atoms with Crippen LogP contribution in [0.25, 0.3) is 0 Å². The number of amides is 1. The molecule has 0 radical (unpaired) electrons. The van der Waals surface area contributed by atoms with Crippen LogP contribution in [0, 0.1) is 11.6 Å². The molecule has 1 amide bonds. The van der Waals surface area contributed by atoms with Crippen molar-refractivity contribution in [2.24, 2.45) is 0 Å². The molecule has 2 nitrogen and oxygen atoms in total. The highest BCUT2D eigenvalue weighted by atomic mass is 79.9. The average Bonchev–Trinajstić information content (AvgIpc) is 2.81. The summed E-state index contributed by atoms with van der Waals surface area (Å²) < 4.78 is 26.6. The number of carbonyl (C=O) groups is 1. The van der Waals surface area contributed by atoms with E-state index in [9.17, 15) is 13.6 Å². The lowest BCUT2D eigenvalue weighted by Gasteiger charge is -2.28. The molecule has 18 heavy (non-hydrogen) atoms. The smallest absolute Gasteiger partial charge is 0.254 e. The number of hydrogen-bond acceptors (Lipinski definition) is 1. The first kappa shape index (κ1) is 13.5. The van der Waals surface area contributed by atoms with Gasteiger partial charge in [-0.05, 0) is 25.0 Å². The molecule has 2 rings (SSSR count). The molecule has 1 aromatic carbocycles. The van der Waals surface area contributed by atoms with E-state index < -0.39 is 17.5 Å². The summed E-state index contributed by atoms with van der Waals surface area (Å²) in [7, 11) is 0. The summed E-state index contributed by atoms with van der Waals surface area (Å²) in [6.45, 7) is 0. The molecule has 0 heterocycles. The fourth-order valence-electron chi connectivity index (χ4n) is 2.33. The molecule has 1 aromatic rings. The molecule has 1 N–H and O–H groups in total. The number of nitrogens with one attached hydrogen (secondary N) is 1. The van der Waals surface area contributed by atoms with Gasteiger partial charge in [0.1, 0.15) is 0 Å². The third-order valence-corrected chi connectivity index (χ3v) is 4.46. The fraction of sp³-hybridized carbons (Fsp3) is 0.462. The highest BCUT2D eigenvalue weighted by molar-refractivity contribution is 9.09. The molecule has 1 fully saturated rings. The third-order valence-electron chi connectivity index (χ3n) is 3.39. The molecular weight excluding hydrogens is 304 g/mol. The monoisotopic (exact) mass is 317 g/mol. The molecule has 0 saturated heterocycles. The molecule has 0 aromatic heterocycles. The normalized spacial score (nSPS) is 17.7. The molecule has 0 aliphatic heterocycles. The van der Waals surface area contributed by atoms with Gasteiger partial charge in [-0.2, -0.15) is 0 Å². The van der Waals surface area contributed by atoms with E-state index >= 15 is 0 Å². The van der Waals surface area contributed by atoms with E-state index in [4.69, 9.17) is 0 Å². The van der Waals surface area contributed by atoms with Crippen molar-refractivity contribution in [1.29, 1.82) is 0 Å². The van der Waals surface area contributed by atoms with Gasteiger partial charge in [0, 0.05) is 5.33 Å². The summed E-state index contributed by atoms with van der Waals surface area (Å²) in [6, 6.07) is 3.63. The van der Waals surface area contributed by atoms with E-state index in [1.807, 2.05) is 0 Å². The van der Waals surface area contributed by atoms with Gasteiger partial charge in [-0.25, -0.2) is 8.78 Å². The van der Waals surface area contributed by atoms with Gasteiger partial charge in [-0.3, -0.25) is 4.79 Å². The lowest BCUT2D eigenvalue weighted by Crippen LogP contribution is -2.48. The molecule has 98 valence electrons. The summed E-state index contributed by atoms with van der Waals surface area (Å²) in [5.41, 5.74) is -0.558. The Bertz CT molecular complexity index is 458.